The van der Waals surface area contributed by atoms with Gasteiger partial charge < -0.3 is 5.32 Å². The van der Waals surface area contributed by atoms with Crippen LogP contribution in [0, 0.1) is 20.8 Å². The zero-order valence-corrected chi connectivity index (χ0v) is 14.6. The number of hydrogen-bond donors (Lipinski definition) is 1. The van der Waals surface area contributed by atoms with E-state index in [1.165, 1.54) is 43.0 Å². The van der Waals surface area contributed by atoms with Gasteiger partial charge in [0.05, 0.1) is 5.75 Å². The van der Waals surface area contributed by atoms with Gasteiger partial charge in [-0.25, -0.2) is 9.97 Å². The quantitative estimate of drug-likeness (QED) is 0.495. The minimum absolute atomic E-state index is 0.0564. The van der Waals surface area contributed by atoms with Gasteiger partial charge in [-0.1, -0.05) is 23.4 Å². The number of amides is 1. The van der Waals surface area contributed by atoms with Crippen molar-refractivity contribution < 1.29 is 4.79 Å². The van der Waals surface area contributed by atoms with Gasteiger partial charge in [-0.05, 0) is 58.4 Å². The van der Waals surface area contributed by atoms with Crippen LogP contribution in [0.3, 0.4) is 0 Å². The molecule has 120 valence electrons. The summed E-state index contributed by atoms with van der Waals surface area (Å²) in [7, 11) is 0. The normalized spacial score (nSPS) is 14.6. The summed E-state index contributed by atoms with van der Waals surface area (Å²) in [6.45, 7) is 6.71. The molecule has 0 fully saturated rings. The van der Waals surface area contributed by atoms with Gasteiger partial charge in [0.1, 0.15) is 0 Å². The molecule has 1 N–H and O–H groups in total. The SMILES string of the molecule is Cc1nc(SCC(=O)NCCC2=CCCCC2)nc(C)c1C. The Morgan fingerprint density at radius 3 is 2.59 bits per heavy atom. The number of carbonyl (C=O) groups is 1. The molecule has 0 spiro atoms. The highest BCUT2D eigenvalue weighted by Gasteiger charge is 2.09. The van der Waals surface area contributed by atoms with E-state index < -0.39 is 0 Å². The molecule has 0 atom stereocenters. The first-order valence-corrected chi connectivity index (χ1v) is 8.94. The minimum Gasteiger partial charge on any atom is -0.355 e. The van der Waals surface area contributed by atoms with Crippen molar-refractivity contribution in [2.24, 2.45) is 0 Å². The second-order valence-corrected chi connectivity index (χ2v) is 6.74. The molecule has 1 aliphatic rings. The molecule has 0 aliphatic heterocycles. The fraction of sp³-hybridized carbons (Fsp3) is 0.588. The van der Waals surface area contributed by atoms with Gasteiger partial charge in [0.15, 0.2) is 5.16 Å². The van der Waals surface area contributed by atoms with Gasteiger partial charge in [0.2, 0.25) is 5.91 Å². The third-order valence-corrected chi connectivity index (χ3v) is 4.95. The first-order valence-electron chi connectivity index (χ1n) is 7.95. The van der Waals surface area contributed by atoms with E-state index in [0.29, 0.717) is 10.9 Å². The van der Waals surface area contributed by atoms with E-state index in [-0.39, 0.29) is 5.91 Å². The maximum absolute atomic E-state index is 11.9. The number of nitrogens with zero attached hydrogens (tertiary/aromatic N) is 2. The van der Waals surface area contributed by atoms with Crippen molar-refractivity contribution in [1.29, 1.82) is 0 Å². The second-order valence-electron chi connectivity index (χ2n) is 5.80. The molecule has 1 aliphatic carbocycles. The Bertz CT molecular complexity index is 546. The molecule has 1 aromatic rings. The largest absolute Gasteiger partial charge is 0.355 e. The van der Waals surface area contributed by atoms with Gasteiger partial charge in [0, 0.05) is 17.9 Å². The lowest BCUT2D eigenvalue weighted by Crippen LogP contribution is -2.26. The topological polar surface area (TPSA) is 54.9 Å². The molecule has 0 saturated carbocycles. The number of carbonyl (C=O) groups excluding carboxylic acids is 1. The van der Waals surface area contributed by atoms with Gasteiger partial charge in [0.25, 0.3) is 0 Å². The van der Waals surface area contributed by atoms with Crippen LogP contribution in [0.2, 0.25) is 0 Å². The minimum atomic E-state index is 0.0564. The average Bonchev–Trinajstić information content (AvgIpc) is 2.51. The van der Waals surface area contributed by atoms with Crippen molar-refractivity contribution in [3.8, 4) is 0 Å². The van der Waals surface area contributed by atoms with E-state index >= 15 is 0 Å². The summed E-state index contributed by atoms with van der Waals surface area (Å²) in [5.41, 5.74) is 4.58. The first-order chi connectivity index (χ1) is 10.6. The van der Waals surface area contributed by atoms with Crippen LogP contribution in [0.5, 0.6) is 0 Å². The molecule has 0 aromatic carbocycles. The van der Waals surface area contributed by atoms with Gasteiger partial charge in [-0.15, -0.1) is 0 Å². The third kappa shape index (κ3) is 5.13. The van der Waals surface area contributed by atoms with E-state index in [1.807, 2.05) is 20.8 Å². The van der Waals surface area contributed by atoms with Crippen molar-refractivity contribution in [3.05, 3.63) is 28.6 Å². The van der Waals surface area contributed by atoms with Crippen molar-refractivity contribution >= 4 is 17.7 Å². The Labute approximate surface area is 137 Å². The predicted molar refractivity (Wildman–Crippen MR) is 91.1 cm³/mol. The monoisotopic (exact) mass is 319 g/mol. The fourth-order valence-electron chi connectivity index (χ4n) is 2.48. The molecule has 22 heavy (non-hydrogen) atoms. The van der Waals surface area contributed by atoms with Crippen LogP contribution in [0.4, 0.5) is 0 Å². The second kappa shape index (κ2) is 8.32. The number of thioether (sulfide) groups is 1. The number of nitrogens with one attached hydrogen (secondary N) is 1. The summed E-state index contributed by atoms with van der Waals surface area (Å²) in [5.74, 6) is 0.432. The Balaban J connectivity index is 1.72. The maximum Gasteiger partial charge on any atom is 0.230 e. The highest BCUT2D eigenvalue weighted by molar-refractivity contribution is 7.99. The number of aromatic nitrogens is 2. The van der Waals surface area contributed by atoms with Crippen LogP contribution in [0.25, 0.3) is 0 Å². The van der Waals surface area contributed by atoms with Crippen LogP contribution in [-0.2, 0) is 4.79 Å². The van der Waals surface area contributed by atoms with Crippen LogP contribution in [0.1, 0.15) is 49.1 Å². The Morgan fingerprint density at radius 2 is 1.95 bits per heavy atom. The van der Waals surface area contributed by atoms with Crippen LogP contribution in [-0.4, -0.2) is 28.2 Å². The smallest absolute Gasteiger partial charge is 0.230 e. The van der Waals surface area contributed by atoms with Crippen LogP contribution < -0.4 is 5.32 Å². The summed E-state index contributed by atoms with van der Waals surface area (Å²) < 4.78 is 0. The van der Waals surface area contributed by atoms with Gasteiger partial charge in [-0.2, -0.15) is 0 Å². The van der Waals surface area contributed by atoms with Crippen molar-refractivity contribution in [1.82, 2.24) is 15.3 Å². The summed E-state index contributed by atoms with van der Waals surface area (Å²) in [5, 5.41) is 3.67. The zero-order chi connectivity index (χ0) is 15.9. The molecule has 1 amide bonds. The van der Waals surface area contributed by atoms with Crippen molar-refractivity contribution in [2.45, 2.75) is 58.0 Å². The predicted octanol–water partition coefficient (Wildman–Crippen LogP) is 3.50. The van der Waals surface area contributed by atoms with E-state index in [9.17, 15) is 4.79 Å². The summed E-state index contributed by atoms with van der Waals surface area (Å²) in [6.07, 6.45) is 8.30. The number of aryl methyl sites for hydroxylation is 2. The van der Waals surface area contributed by atoms with E-state index in [2.05, 4.69) is 21.4 Å². The summed E-state index contributed by atoms with van der Waals surface area (Å²) in [6, 6.07) is 0. The molecule has 4 nitrogen and oxygen atoms in total. The summed E-state index contributed by atoms with van der Waals surface area (Å²) >= 11 is 1.40. The standard InChI is InChI=1S/C17H25N3OS/c1-12-13(2)19-17(20-14(12)3)22-11-16(21)18-10-9-15-7-5-4-6-8-15/h7H,4-6,8-11H2,1-3H3,(H,18,21). The van der Waals surface area contributed by atoms with E-state index in [4.69, 9.17) is 0 Å². The van der Waals surface area contributed by atoms with E-state index in [1.54, 1.807) is 0 Å². The van der Waals surface area contributed by atoms with Gasteiger partial charge in [-0.3, -0.25) is 4.79 Å². The molecule has 2 rings (SSSR count). The van der Waals surface area contributed by atoms with Crippen molar-refractivity contribution in [2.75, 3.05) is 12.3 Å². The molecular formula is C17H25N3OS. The highest BCUT2D eigenvalue weighted by Crippen LogP contribution is 2.19. The molecule has 5 heteroatoms. The Hall–Kier alpha value is -1.36. The van der Waals surface area contributed by atoms with Gasteiger partial charge >= 0.3 is 0 Å². The highest BCUT2D eigenvalue weighted by atomic mass is 32.2. The molecule has 0 unspecified atom stereocenters. The van der Waals surface area contributed by atoms with E-state index in [0.717, 1.165) is 29.9 Å². The molecule has 0 radical (unpaired) electrons. The lowest BCUT2D eigenvalue weighted by atomic mass is 9.97. The molecule has 1 aromatic heterocycles. The van der Waals surface area contributed by atoms with Crippen LogP contribution >= 0.6 is 11.8 Å². The average molecular weight is 319 g/mol. The lowest BCUT2D eigenvalue weighted by Gasteiger charge is -2.12. The zero-order valence-electron chi connectivity index (χ0n) is 13.7. The molecular weight excluding hydrogens is 294 g/mol. The first kappa shape index (κ1) is 17.0. The molecule has 1 heterocycles. The summed E-state index contributed by atoms with van der Waals surface area (Å²) in [4.78, 5) is 20.7. The van der Waals surface area contributed by atoms with Crippen LogP contribution in [0.15, 0.2) is 16.8 Å². The fourth-order valence-corrected chi connectivity index (χ4v) is 3.25. The van der Waals surface area contributed by atoms with Crippen molar-refractivity contribution in [3.63, 3.8) is 0 Å². The Kier molecular flexibility index (Phi) is 6.43. The lowest BCUT2D eigenvalue weighted by molar-refractivity contribution is -0.118. The molecule has 0 bridgehead atoms. The Morgan fingerprint density at radius 1 is 1.23 bits per heavy atom. The molecule has 0 saturated heterocycles. The number of rotatable bonds is 6. The maximum atomic E-state index is 11.9. The third-order valence-electron chi connectivity index (χ3n) is 4.10. The number of allylic oxidation sites excluding steroid dienone is 1. The number of hydrogen-bond acceptors (Lipinski definition) is 4.